The summed E-state index contributed by atoms with van der Waals surface area (Å²) in [7, 11) is 0. The van der Waals surface area contributed by atoms with Gasteiger partial charge in [-0.15, -0.1) is 0 Å². The second-order valence-electron chi connectivity index (χ2n) is 5.11. The van der Waals surface area contributed by atoms with Gasteiger partial charge in [0.2, 0.25) is 0 Å². The lowest BCUT2D eigenvalue weighted by atomic mass is 10.2. The van der Waals surface area contributed by atoms with Gasteiger partial charge in [0, 0.05) is 12.2 Å². The van der Waals surface area contributed by atoms with Crippen LogP contribution in [-0.4, -0.2) is 18.0 Å². The van der Waals surface area contributed by atoms with Gasteiger partial charge in [-0.3, -0.25) is 4.90 Å². The average molecular weight is 256 g/mol. The minimum Gasteiger partial charge on any atom is -0.467 e. The van der Waals surface area contributed by atoms with Gasteiger partial charge in [0.15, 0.2) is 0 Å². The lowest BCUT2D eigenvalue weighted by molar-refractivity contribution is 0.331. The third-order valence-corrected chi connectivity index (χ3v) is 3.61. The molecular weight excluding hydrogens is 236 g/mol. The second kappa shape index (κ2) is 5.93. The molecule has 100 valence electrons. The number of nitrogens with one attached hydrogen (secondary N) is 1. The van der Waals surface area contributed by atoms with Crippen LogP contribution in [0.4, 0.5) is 5.69 Å². The van der Waals surface area contributed by atoms with Crippen LogP contribution in [-0.2, 0) is 13.1 Å². The van der Waals surface area contributed by atoms with Gasteiger partial charge in [-0.2, -0.15) is 0 Å². The van der Waals surface area contributed by atoms with E-state index in [1.54, 1.807) is 6.26 Å². The summed E-state index contributed by atoms with van der Waals surface area (Å²) in [5, 5.41) is 3.36. The lowest BCUT2D eigenvalue weighted by Gasteiger charge is -2.14. The van der Waals surface area contributed by atoms with E-state index in [1.807, 2.05) is 12.1 Å². The summed E-state index contributed by atoms with van der Waals surface area (Å²) < 4.78 is 5.30. The summed E-state index contributed by atoms with van der Waals surface area (Å²) in [5.41, 5.74) is 2.53. The van der Waals surface area contributed by atoms with Crippen LogP contribution in [0.25, 0.3) is 0 Å². The molecule has 0 unspecified atom stereocenters. The maximum absolute atomic E-state index is 5.30. The van der Waals surface area contributed by atoms with E-state index in [0.29, 0.717) is 0 Å². The number of anilines is 1. The zero-order valence-electron chi connectivity index (χ0n) is 11.1. The van der Waals surface area contributed by atoms with Gasteiger partial charge in [0.1, 0.15) is 5.76 Å². The molecule has 0 spiro atoms. The van der Waals surface area contributed by atoms with Crippen LogP contribution in [0.3, 0.4) is 0 Å². The Balaban J connectivity index is 1.53. The van der Waals surface area contributed by atoms with Crippen molar-refractivity contribution in [2.75, 3.05) is 18.4 Å². The molecule has 1 aliphatic heterocycles. The van der Waals surface area contributed by atoms with E-state index in [-0.39, 0.29) is 0 Å². The van der Waals surface area contributed by atoms with Crippen LogP contribution in [0.1, 0.15) is 24.2 Å². The van der Waals surface area contributed by atoms with Crippen molar-refractivity contribution < 1.29 is 4.42 Å². The third-order valence-electron chi connectivity index (χ3n) is 3.61. The van der Waals surface area contributed by atoms with E-state index in [4.69, 9.17) is 4.42 Å². The Labute approximate surface area is 114 Å². The number of hydrogen-bond acceptors (Lipinski definition) is 3. The van der Waals surface area contributed by atoms with E-state index in [9.17, 15) is 0 Å². The van der Waals surface area contributed by atoms with E-state index in [1.165, 1.54) is 31.5 Å². The van der Waals surface area contributed by atoms with Crippen molar-refractivity contribution in [3.63, 3.8) is 0 Å². The van der Waals surface area contributed by atoms with E-state index >= 15 is 0 Å². The average Bonchev–Trinajstić information content (AvgIpc) is 3.11. The van der Waals surface area contributed by atoms with E-state index in [0.717, 1.165) is 24.5 Å². The largest absolute Gasteiger partial charge is 0.467 e. The highest BCUT2D eigenvalue weighted by atomic mass is 16.3. The van der Waals surface area contributed by atoms with E-state index in [2.05, 4.69) is 34.5 Å². The molecule has 3 heteroatoms. The molecule has 0 amide bonds. The van der Waals surface area contributed by atoms with Crippen molar-refractivity contribution in [2.24, 2.45) is 0 Å². The van der Waals surface area contributed by atoms with Crippen LogP contribution in [0.2, 0.25) is 0 Å². The van der Waals surface area contributed by atoms with Crippen molar-refractivity contribution >= 4 is 5.69 Å². The summed E-state index contributed by atoms with van der Waals surface area (Å²) in [6.45, 7) is 4.31. The fourth-order valence-corrected chi connectivity index (χ4v) is 2.53. The molecule has 2 heterocycles. The van der Waals surface area contributed by atoms with Crippen molar-refractivity contribution in [3.05, 3.63) is 54.0 Å². The Morgan fingerprint density at radius 3 is 2.53 bits per heavy atom. The number of likely N-dealkylation sites (tertiary alicyclic amines) is 1. The standard InChI is InChI=1S/C16H20N2O/c1-2-10-18(9-1)13-14-5-7-15(8-6-14)17-12-16-4-3-11-19-16/h3-8,11,17H,1-2,9-10,12-13H2. The highest BCUT2D eigenvalue weighted by Gasteiger charge is 2.11. The first-order chi connectivity index (χ1) is 9.40. The molecule has 1 fully saturated rings. The first-order valence-electron chi connectivity index (χ1n) is 6.98. The van der Waals surface area contributed by atoms with Crippen LogP contribution < -0.4 is 5.32 Å². The Hall–Kier alpha value is -1.74. The van der Waals surface area contributed by atoms with Gasteiger partial charge in [-0.25, -0.2) is 0 Å². The molecule has 1 N–H and O–H groups in total. The number of benzene rings is 1. The van der Waals surface area contributed by atoms with Crippen molar-refractivity contribution in [1.82, 2.24) is 4.90 Å². The quantitative estimate of drug-likeness (QED) is 0.887. The summed E-state index contributed by atoms with van der Waals surface area (Å²) in [4.78, 5) is 2.52. The minimum atomic E-state index is 0.735. The van der Waals surface area contributed by atoms with Crippen LogP contribution in [0.15, 0.2) is 47.1 Å². The summed E-state index contributed by atoms with van der Waals surface area (Å²) in [6.07, 6.45) is 4.40. The number of nitrogens with zero attached hydrogens (tertiary/aromatic N) is 1. The topological polar surface area (TPSA) is 28.4 Å². The fraction of sp³-hybridized carbons (Fsp3) is 0.375. The number of hydrogen-bond donors (Lipinski definition) is 1. The van der Waals surface area contributed by atoms with Crippen molar-refractivity contribution in [1.29, 1.82) is 0 Å². The molecule has 1 aliphatic rings. The predicted octanol–water partition coefficient (Wildman–Crippen LogP) is 3.49. The highest BCUT2D eigenvalue weighted by Crippen LogP contribution is 2.15. The Morgan fingerprint density at radius 2 is 1.84 bits per heavy atom. The Morgan fingerprint density at radius 1 is 1.05 bits per heavy atom. The first kappa shape index (κ1) is 12.3. The molecule has 3 rings (SSSR count). The van der Waals surface area contributed by atoms with Gasteiger partial charge in [0.05, 0.1) is 12.8 Å². The Bertz CT molecular complexity index is 484. The lowest BCUT2D eigenvalue weighted by Crippen LogP contribution is -2.18. The van der Waals surface area contributed by atoms with Gasteiger partial charge < -0.3 is 9.73 Å². The number of rotatable bonds is 5. The summed E-state index contributed by atoms with van der Waals surface area (Å²) in [6, 6.07) is 12.6. The Kier molecular flexibility index (Phi) is 3.84. The van der Waals surface area contributed by atoms with Gasteiger partial charge in [-0.1, -0.05) is 12.1 Å². The molecule has 0 atom stereocenters. The molecule has 0 saturated carbocycles. The SMILES string of the molecule is c1coc(CNc2ccc(CN3CCCC3)cc2)c1. The minimum absolute atomic E-state index is 0.735. The molecular formula is C16H20N2O. The molecule has 0 aliphatic carbocycles. The van der Waals surface area contributed by atoms with Crippen LogP contribution in [0.5, 0.6) is 0 Å². The van der Waals surface area contributed by atoms with Crippen molar-refractivity contribution in [3.8, 4) is 0 Å². The van der Waals surface area contributed by atoms with Gasteiger partial charge in [-0.05, 0) is 55.8 Å². The van der Waals surface area contributed by atoms with Gasteiger partial charge >= 0.3 is 0 Å². The zero-order valence-corrected chi connectivity index (χ0v) is 11.1. The van der Waals surface area contributed by atoms with Crippen molar-refractivity contribution in [2.45, 2.75) is 25.9 Å². The van der Waals surface area contributed by atoms with Crippen LogP contribution >= 0.6 is 0 Å². The predicted molar refractivity (Wildman–Crippen MR) is 77.0 cm³/mol. The maximum atomic E-state index is 5.30. The molecule has 19 heavy (non-hydrogen) atoms. The summed E-state index contributed by atoms with van der Waals surface area (Å²) >= 11 is 0. The first-order valence-corrected chi connectivity index (χ1v) is 6.98. The smallest absolute Gasteiger partial charge is 0.122 e. The molecule has 0 radical (unpaired) electrons. The molecule has 2 aromatic rings. The normalized spacial score (nSPS) is 15.8. The molecule has 1 aromatic carbocycles. The fourth-order valence-electron chi connectivity index (χ4n) is 2.53. The molecule has 1 aromatic heterocycles. The third kappa shape index (κ3) is 3.38. The molecule has 1 saturated heterocycles. The monoisotopic (exact) mass is 256 g/mol. The molecule has 0 bridgehead atoms. The van der Waals surface area contributed by atoms with Crippen LogP contribution in [0, 0.1) is 0 Å². The maximum Gasteiger partial charge on any atom is 0.122 e. The highest BCUT2D eigenvalue weighted by molar-refractivity contribution is 5.44. The van der Waals surface area contributed by atoms with E-state index < -0.39 is 0 Å². The summed E-state index contributed by atoms with van der Waals surface area (Å²) in [5.74, 6) is 0.959. The number of furan rings is 1. The zero-order chi connectivity index (χ0) is 12.9. The second-order valence-corrected chi connectivity index (χ2v) is 5.11. The molecule has 3 nitrogen and oxygen atoms in total. The van der Waals surface area contributed by atoms with Gasteiger partial charge in [0.25, 0.3) is 0 Å².